The van der Waals surface area contributed by atoms with Crippen LogP contribution >= 0.6 is 23.5 Å². The Morgan fingerprint density at radius 2 is 1.95 bits per heavy atom. The van der Waals surface area contributed by atoms with E-state index >= 15 is 0 Å². The molecule has 1 fully saturated rings. The maximum absolute atomic E-state index is 12.9. The van der Waals surface area contributed by atoms with Crippen molar-refractivity contribution in [1.29, 1.82) is 0 Å². The number of nitrogens with zero attached hydrogens (tertiary/aromatic N) is 5. The number of aromatic nitrogens is 4. The van der Waals surface area contributed by atoms with Gasteiger partial charge in [-0.1, -0.05) is 23.9 Å². The van der Waals surface area contributed by atoms with Crippen LogP contribution in [0.5, 0.6) is 0 Å². The second-order valence-corrected chi connectivity index (χ2v) is 10.8. The summed E-state index contributed by atoms with van der Waals surface area (Å²) in [6.07, 6.45) is -2.62. The van der Waals surface area contributed by atoms with Crippen LogP contribution in [0.25, 0.3) is 0 Å². The molecule has 0 unspecified atom stereocenters. The third kappa shape index (κ3) is 6.59. The zero-order chi connectivity index (χ0) is 29.8. The minimum Gasteiger partial charge on any atom is -0.480 e. The first-order chi connectivity index (χ1) is 19.5. The van der Waals surface area contributed by atoms with Gasteiger partial charge in [0.2, 0.25) is 5.16 Å². The van der Waals surface area contributed by atoms with Gasteiger partial charge in [0.05, 0.1) is 0 Å². The summed E-state index contributed by atoms with van der Waals surface area (Å²) in [5.74, 6) is -3.56. The van der Waals surface area contributed by atoms with E-state index in [1.54, 1.807) is 7.05 Å². The summed E-state index contributed by atoms with van der Waals surface area (Å²) < 4.78 is 6.15. The van der Waals surface area contributed by atoms with Crippen molar-refractivity contribution >= 4 is 59.1 Å². The number of rotatable bonds is 11. The summed E-state index contributed by atoms with van der Waals surface area (Å²) in [5, 5.41) is 44.8. The number of aliphatic carboxylic acids is 2. The number of benzene rings is 1. The molecular formula is C22H24N8O9S2. The maximum Gasteiger partial charge on any atom is 0.411 e. The van der Waals surface area contributed by atoms with Crippen LogP contribution in [0.15, 0.2) is 40.7 Å². The van der Waals surface area contributed by atoms with E-state index in [-0.39, 0.29) is 22.7 Å². The van der Waals surface area contributed by atoms with Gasteiger partial charge in [-0.25, -0.2) is 14.3 Å². The summed E-state index contributed by atoms with van der Waals surface area (Å²) in [6, 6.07) is 3.04. The Morgan fingerprint density at radius 3 is 2.56 bits per heavy atom. The number of anilines is 1. The van der Waals surface area contributed by atoms with Gasteiger partial charge in [0, 0.05) is 24.2 Å². The smallest absolute Gasteiger partial charge is 0.411 e. The molecule has 2 aromatic rings. The molecule has 41 heavy (non-hydrogen) atoms. The van der Waals surface area contributed by atoms with Gasteiger partial charge in [0.25, 0.3) is 11.8 Å². The number of hydrogen-bond acceptors (Lipinski definition) is 13. The first kappa shape index (κ1) is 29.8. The van der Waals surface area contributed by atoms with Gasteiger partial charge in [-0.3, -0.25) is 24.6 Å². The van der Waals surface area contributed by atoms with Crippen molar-refractivity contribution in [2.24, 2.45) is 12.8 Å². The Morgan fingerprint density at radius 1 is 1.24 bits per heavy atom. The summed E-state index contributed by atoms with van der Waals surface area (Å²) >= 11 is 2.51. The van der Waals surface area contributed by atoms with Crippen LogP contribution in [0.1, 0.15) is 11.7 Å². The van der Waals surface area contributed by atoms with Gasteiger partial charge in [0.15, 0.2) is 6.10 Å². The first-order valence-electron chi connectivity index (χ1n) is 11.7. The molecule has 17 nitrogen and oxygen atoms in total. The Bertz CT molecular complexity index is 1400. The van der Waals surface area contributed by atoms with Crippen molar-refractivity contribution in [3.63, 3.8) is 0 Å². The van der Waals surface area contributed by atoms with Gasteiger partial charge >= 0.3 is 18.0 Å². The van der Waals surface area contributed by atoms with E-state index in [0.29, 0.717) is 16.5 Å². The highest BCUT2D eigenvalue weighted by atomic mass is 32.2. The number of carbonyl (C=O) groups excluding carboxylic acids is 3. The summed E-state index contributed by atoms with van der Waals surface area (Å²) in [6.45, 7) is -0.542. The fourth-order valence-electron chi connectivity index (χ4n) is 3.81. The molecule has 218 valence electrons. The normalized spacial score (nSPS) is 19.5. The number of amides is 3. The monoisotopic (exact) mass is 608 g/mol. The number of carbonyl (C=O) groups is 5. The first-order valence-corrected chi connectivity index (χ1v) is 13.8. The van der Waals surface area contributed by atoms with Gasteiger partial charge in [0.1, 0.15) is 29.8 Å². The number of ether oxygens (including phenoxy) is 1. The molecule has 3 amide bonds. The molecule has 1 saturated heterocycles. The van der Waals surface area contributed by atoms with Crippen molar-refractivity contribution in [3.8, 4) is 0 Å². The van der Waals surface area contributed by atoms with Gasteiger partial charge < -0.3 is 31.1 Å². The maximum atomic E-state index is 12.9. The highest BCUT2D eigenvalue weighted by Gasteiger charge is 2.54. The Balaban J connectivity index is 1.33. The molecule has 4 rings (SSSR count). The molecule has 2 aliphatic heterocycles. The average Bonchev–Trinajstić information content (AvgIpc) is 3.36. The van der Waals surface area contributed by atoms with Crippen LogP contribution in [-0.4, -0.2) is 106 Å². The number of nitrogens with two attached hydrogens (primary N) is 1. The van der Waals surface area contributed by atoms with Crippen LogP contribution in [0.2, 0.25) is 0 Å². The lowest BCUT2D eigenvalue weighted by molar-refractivity contribution is -0.151. The quantitative estimate of drug-likeness (QED) is 0.128. The fraction of sp³-hybridized carbons (Fsp3) is 0.364. The van der Waals surface area contributed by atoms with Gasteiger partial charge in [-0.15, -0.1) is 16.9 Å². The standard InChI is InChI=1S/C22H24N8O9S2/c1-29-21(26-27-28-29)41-8-10-7-40-18-13(17(33)30(18)14(10)20(36)37)25-16(32)15(31)9-2-4-11(5-3-9)24-22(38)39-6-12(23)19(34)35/h2-5,12-13,15,18,31H,6-8,23H2,1H3,(H,24,38)(H,25,32)(H,34,35)(H,36,37)/t12-,13-,15-,18+/m1/s1. The molecule has 0 bridgehead atoms. The summed E-state index contributed by atoms with van der Waals surface area (Å²) in [4.78, 5) is 61.3. The molecule has 1 aromatic heterocycles. The van der Waals surface area contributed by atoms with Crippen LogP contribution in [0.3, 0.4) is 0 Å². The SMILES string of the molecule is Cn1nnnc1SCC1=C(C(=O)O)N2C(=O)[C@@H](NC(=O)[C@H](O)c3ccc(NC(=O)OC[C@@H](N)C(=O)O)cc3)[C@@H]2SC1. The van der Waals surface area contributed by atoms with Gasteiger partial charge in [-0.2, -0.15) is 0 Å². The number of carboxylic acid groups (broad SMARTS) is 2. The predicted molar refractivity (Wildman–Crippen MR) is 141 cm³/mol. The lowest BCUT2D eigenvalue weighted by Crippen LogP contribution is -2.70. The Hall–Kier alpha value is -4.20. The molecule has 0 radical (unpaired) electrons. The molecule has 2 aliphatic rings. The van der Waals surface area contributed by atoms with Crippen molar-refractivity contribution < 1.29 is 44.0 Å². The minimum absolute atomic E-state index is 0.151. The van der Waals surface area contributed by atoms with Crippen LogP contribution in [0, 0.1) is 0 Å². The van der Waals surface area contributed by atoms with E-state index in [0.717, 1.165) is 4.90 Å². The number of thioether (sulfide) groups is 2. The van der Waals surface area contributed by atoms with E-state index in [9.17, 15) is 34.2 Å². The van der Waals surface area contributed by atoms with Crippen molar-refractivity contribution in [2.75, 3.05) is 23.4 Å². The Kier molecular flexibility index (Phi) is 9.11. The number of aliphatic hydroxyl groups excluding tert-OH is 1. The fourth-order valence-corrected chi connectivity index (χ4v) is 6.15. The number of fused-ring (bicyclic) bond motifs is 1. The lowest BCUT2D eigenvalue weighted by Gasteiger charge is -2.49. The Labute approximate surface area is 239 Å². The molecule has 0 aliphatic carbocycles. The van der Waals surface area contributed by atoms with E-state index in [2.05, 4.69) is 26.2 Å². The molecule has 4 atom stereocenters. The number of nitrogens with one attached hydrogen (secondary N) is 2. The highest BCUT2D eigenvalue weighted by Crippen LogP contribution is 2.41. The molecule has 0 saturated carbocycles. The van der Waals surface area contributed by atoms with Gasteiger partial charge in [-0.05, 0) is 33.7 Å². The second-order valence-electron chi connectivity index (χ2n) is 8.72. The number of hydrogen-bond donors (Lipinski definition) is 6. The number of aryl methyl sites for hydroxylation is 1. The zero-order valence-electron chi connectivity index (χ0n) is 21.2. The molecule has 0 spiro atoms. The number of tetrazole rings is 1. The number of carboxylic acids is 2. The third-order valence-electron chi connectivity index (χ3n) is 5.94. The molecule has 3 heterocycles. The predicted octanol–water partition coefficient (Wildman–Crippen LogP) is -1.27. The number of β-lactam (4-membered cyclic amide) rings is 1. The minimum atomic E-state index is -1.67. The average molecular weight is 609 g/mol. The zero-order valence-corrected chi connectivity index (χ0v) is 22.8. The topological polar surface area (TPSA) is 252 Å². The van der Waals surface area contributed by atoms with Crippen LogP contribution in [0.4, 0.5) is 10.5 Å². The van der Waals surface area contributed by atoms with E-state index < -0.39 is 60.0 Å². The van der Waals surface area contributed by atoms with Crippen LogP contribution in [-0.2, 0) is 31.0 Å². The highest BCUT2D eigenvalue weighted by molar-refractivity contribution is 8.01. The lowest BCUT2D eigenvalue weighted by atomic mass is 10.0. The van der Waals surface area contributed by atoms with E-state index in [1.807, 2.05) is 0 Å². The second kappa shape index (κ2) is 12.5. The molecule has 1 aromatic carbocycles. The largest absolute Gasteiger partial charge is 0.480 e. The molecule has 19 heteroatoms. The van der Waals surface area contributed by atoms with E-state index in [1.165, 1.54) is 52.5 Å². The van der Waals surface area contributed by atoms with Crippen LogP contribution < -0.4 is 16.4 Å². The van der Waals surface area contributed by atoms with E-state index in [4.69, 9.17) is 15.6 Å². The summed E-state index contributed by atoms with van der Waals surface area (Å²) in [7, 11) is 1.65. The summed E-state index contributed by atoms with van der Waals surface area (Å²) in [5.41, 5.74) is 6.00. The molecular weight excluding hydrogens is 584 g/mol. The van der Waals surface area contributed by atoms with Crippen molar-refractivity contribution in [1.82, 2.24) is 30.4 Å². The molecule has 7 N–H and O–H groups in total. The van der Waals surface area contributed by atoms with Crippen molar-refractivity contribution in [2.45, 2.75) is 28.7 Å². The third-order valence-corrected chi connectivity index (χ3v) is 8.37. The number of aliphatic hydroxyl groups is 1. The van der Waals surface area contributed by atoms with Crippen molar-refractivity contribution in [3.05, 3.63) is 41.1 Å².